The fourth-order valence-electron chi connectivity index (χ4n) is 4.03. The van der Waals surface area contributed by atoms with E-state index in [4.69, 9.17) is 4.74 Å². The summed E-state index contributed by atoms with van der Waals surface area (Å²) >= 11 is 1.64. The number of hydrogen-bond donors (Lipinski definition) is 2. The lowest BCUT2D eigenvalue weighted by atomic mass is 9.84. The second kappa shape index (κ2) is 12.5. The van der Waals surface area contributed by atoms with Gasteiger partial charge in [0.15, 0.2) is 0 Å². The van der Waals surface area contributed by atoms with E-state index in [1.165, 1.54) is 5.57 Å². The molecule has 4 nitrogen and oxygen atoms in total. The van der Waals surface area contributed by atoms with Crippen molar-refractivity contribution in [1.29, 1.82) is 0 Å². The van der Waals surface area contributed by atoms with Crippen LogP contribution in [0.5, 0.6) is 11.5 Å². The molecule has 0 radical (unpaired) electrons. The summed E-state index contributed by atoms with van der Waals surface area (Å²) in [5.74, 6) is 0.641. The topological polar surface area (TPSA) is 52.9 Å². The molecular formula is C24H39NO3S. The number of phenols is 2. The third-order valence-corrected chi connectivity index (χ3v) is 6.79. The highest BCUT2D eigenvalue weighted by molar-refractivity contribution is 7.97. The smallest absolute Gasteiger partial charge is 0.138 e. The lowest BCUT2D eigenvalue weighted by Crippen LogP contribution is -2.31. The van der Waals surface area contributed by atoms with Gasteiger partial charge >= 0.3 is 0 Å². The Kier molecular flexibility index (Phi) is 10.4. The van der Waals surface area contributed by atoms with E-state index in [0.29, 0.717) is 5.56 Å². The van der Waals surface area contributed by atoms with Crippen LogP contribution in [0.1, 0.15) is 83.3 Å². The van der Waals surface area contributed by atoms with Crippen LogP contribution in [0.2, 0.25) is 0 Å². The Bertz CT molecular complexity index is 669. The van der Waals surface area contributed by atoms with Gasteiger partial charge in [0.2, 0.25) is 0 Å². The second-order valence-electron chi connectivity index (χ2n) is 7.75. The molecule has 3 rings (SSSR count). The average molecular weight is 422 g/mol. The minimum absolute atomic E-state index is 0.104. The van der Waals surface area contributed by atoms with E-state index < -0.39 is 0 Å². The van der Waals surface area contributed by atoms with Crippen LogP contribution in [0, 0.1) is 0 Å². The van der Waals surface area contributed by atoms with Gasteiger partial charge in [-0.15, -0.1) is 0 Å². The van der Waals surface area contributed by atoms with E-state index in [9.17, 15) is 10.2 Å². The van der Waals surface area contributed by atoms with Gasteiger partial charge in [-0.25, -0.2) is 4.31 Å². The Hall–Kier alpha value is -1.17. The van der Waals surface area contributed by atoms with E-state index in [-0.39, 0.29) is 17.4 Å². The summed E-state index contributed by atoms with van der Waals surface area (Å²) < 4.78 is 7.73. The van der Waals surface area contributed by atoms with Crippen LogP contribution in [0.25, 0.3) is 0 Å². The number of allylic oxidation sites excluding steroid dienone is 2. The highest BCUT2D eigenvalue weighted by Gasteiger charge is 2.26. The number of aryl methyl sites for hydroxylation is 1. The number of unbranched alkanes of at least 4 members (excludes halogenated alkanes) is 2. The van der Waals surface area contributed by atoms with Crippen molar-refractivity contribution in [1.82, 2.24) is 4.31 Å². The zero-order chi connectivity index (χ0) is 21.2. The molecule has 5 heteroatoms. The minimum atomic E-state index is 0.104. The molecule has 1 aromatic rings. The molecule has 0 aromatic heterocycles. The van der Waals surface area contributed by atoms with Crippen LogP contribution in [0.4, 0.5) is 0 Å². The van der Waals surface area contributed by atoms with Crippen molar-refractivity contribution in [2.24, 2.45) is 0 Å². The Labute approximate surface area is 181 Å². The highest BCUT2D eigenvalue weighted by Crippen LogP contribution is 2.47. The molecule has 1 aromatic carbocycles. The molecule has 1 aliphatic carbocycles. The summed E-state index contributed by atoms with van der Waals surface area (Å²) in [6.45, 7) is 11.5. The number of aromatic hydroxyl groups is 2. The Morgan fingerprint density at radius 1 is 1.17 bits per heavy atom. The lowest BCUT2D eigenvalue weighted by Gasteiger charge is -2.28. The number of nitrogens with zero attached hydrogens (tertiary/aromatic N) is 1. The first-order valence-corrected chi connectivity index (χ1v) is 12.1. The molecule has 1 saturated heterocycles. The van der Waals surface area contributed by atoms with Crippen LogP contribution in [-0.4, -0.2) is 40.8 Å². The molecule has 1 unspecified atom stereocenters. The molecule has 0 amide bonds. The number of morpholine rings is 1. The lowest BCUT2D eigenvalue weighted by molar-refractivity contribution is 0.0773. The summed E-state index contributed by atoms with van der Waals surface area (Å²) in [5, 5.41) is 22.0. The first-order chi connectivity index (χ1) is 14.1. The predicted molar refractivity (Wildman–Crippen MR) is 123 cm³/mol. The average Bonchev–Trinajstić information content (AvgIpc) is 2.73. The molecular weight excluding hydrogens is 382 g/mol. The van der Waals surface area contributed by atoms with Crippen LogP contribution in [0.3, 0.4) is 0 Å². The van der Waals surface area contributed by atoms with Gasteiger partial charge in [-0.1, -0.05) is 45.3 Å². The molecule has 0 spiro atoms. The molecule has 2 N–H and O–H groups in total. The number of rotatable bonds is 7. The monoisotopic (exact) mass is 421 g/mol. The van der Waals surface area contributed by atoms with E-state index in [1.54, 1.807) is 11.9 Å². The molecule has 1 fully saturated rings. The van der Waals surface area contributed by atoms with Crippen molar-refractivity contribution in [3.63, 3.8) is 0 Å². The standard InChI is InChI=1S/C22H33NO3S.C2H6/c1-3-4-5-8-18-15-19(24)20(17-9-6-7-16(2)14-17)21(25)22(18)27-23-10-12-26-13-11-23;1-2/h14-15,17,24-25H,3-13H2,1-2H3;1-2H3. The van der Waals surface area contributed by atoms with E-state index in [1.807, 2.05) is 19.9 Å². The zero-order valence-corrected chi connectivity index (χ0v) is 19.5. The molecule has 1 aliphatic heterocycles. The second-order valence-corrected chi connectivity index (χ2v) is 8.85. The maximum absolute atomic E-state index is 11.2. The van der Waals surface area contributed by atoms with Gasteiger partial charge in [0, 0.05) is 24.6 Å². The zero-order valence-electron chi connectivity index (χ0n) is 18.7. The van der Waals surface area contributed by atoms with E-state index in [2.05, 4.69) is 24.2 Å². The summed E-state index contributed by atoms with van der Waals surface area (Å²) in [4.78, 5) is 0.928. The summed E-state index contributed by atoms with van der Waals surface area (Å²) in [6.07, 6.45) is 9.71. The summed E-state index contributed by atoms with van der Waals surface area (Å²) in [6, 6.07) is 1.91. The van der Waals surface area contributed by atoms with Crippen molar-refractivity contribution < 1.29 is 14.9 Å². The molecule has 1 atom stereocenters. The van der Waals surface area contributed by atoms with Crippen LogP contribution >= 0.6 is 11.9 Å². The van der Waals surface area contributed by atoms with Crippen LogP contribution in [-0.2, 0) is 11.2 Å². The normalized spacial score (nSPS) is 20.0. The van der Waals surface area contributed by atoms with Gasteiger partial charge in [0.1, 0.15) is 11.5 Å². The number of ether oxygens (including phenoxy) is 1. The molecule has 164 valence electrons. The van der Waals surface area contributed by atoms with Crippen molar-refractivity contribution in [3.05, 3.63) is 28.8 Å². The van der Waals surface area contributed by atoms with E-state index >= 15 is 0 Å². The van der Waals surface area contributed by atoms with Crippen LogP contribution in [0.15, 0.2) is 22.6 Å². The molecule has 29 heavy (non-hydrogen) atoms. The van der Waals surface area contributed by atoms with Crippen molar-refractivity contribution in [3.8, 4) is 11.5 Å². The van der Waals surface area contributed by atoms with Gasteiger partial charge < -0.3 is 14.9 Å². The van der Waals surface area contributed by atoms with Gasteiger partial charge in [0.25, 0.3) is 0 Å². The number of benzene rings is 1. The Morgan fingerprint density at radius 2 is 1.90 bits per heavy atom. The van der Waals surface area contributed by atoms with Gasteiger partial charge in [0.05, 0.1) is 18.1 Å². The molecule has 1 heterocycles. The molecule has 0 bridgehead atoms. The highest BCUT2D eigenvalue weighted by atomic mass is 32.2. The predicted octanol–water partition coefficient (Wildman–Crippen LogP) is 6.41. The SMILES string of the molecule is CC.CCCCCc1cc(O)c(C2C=C(C)CCC2)c(O)c1SN1CCOCC1. The first-order valence-electron chi connectivity index (χ1n) is 11.4. The van der Waals surface area contributed by atoms with Crippen LogP contribution < -0.4 is 0 Å². The Balaban J connectivity index is 0.00000145. The molecule has 2 aliphatic rings. The maximum Gasteiger partial charge on any atom is 0.138 e. The largest absolute Gasteiger partial charge is 0.507 e. The maximum atomic E-state index is 11.2. The Morgan fingerprint density at radius 3 is 2.55 bits per heavy atom. The fourth-order valence-corrected chi connectivity index (χ4v) is 5.09. The van der Waals surface area contributed by atoms with E-state index in [0.717, 1.165) is 81.7 Å². The number of hydrogen-bond acceptors (Lipinski definition) is 5. The summed E-state index contributed by atoms with van der Waals surface area (Å²) in [5.41, 5.74) is 3.12. The van der Waals surface area contributed by atoms with Crippen molar-refractivity contribution >= 4 is 11.9 Å². The van der Waals surface area contributed by atoms with Crippen molar-refractivity contribution in [2.45, 2.75) is 83.5 Å². The molecule has 0 saturated carbocycles. The number of phenolic OH excluding ortho intramolecular Hbond substituents is 2. The van der Waals surface area contributed by atoms with Crippen molar-refractivity contribution in [2.75, 3.05) is 26.3 Å². The third kappa shape index (κ3) is 6.66. The first kappa shape index (κ1) is 24.1. The van der Waals surface area contributed by atoms with Gasteiger partial charge in [-0.3, -0.25) is 0 Å². The van der Waals surface area contributed by atoms with Gasteiger partial charge in [-0.2, -0.15) is 0 Å². The summed E-state index contributed by atoms with van der Waals surface area (Å²) in [7, 11) is 0. The minimum Gasteiger partial charge on any atom is -0.507 e. The quantitative estimate of drug-likeness (QED) is 0.303. The van der Waals surface area contributed by atoms with Gasteiger partial charge in [-0.05, 0) is 62.6 Å². The fraction of sp³-hybridized carbons (Fsp3) is 0.667. The third-order valence-electron chi connectivity index (χ3n) is 5.53.